The summed E-state index contributed by atoms with van der Waals surface area (Å²) in [6.07, 6.45) is 1.65. The fraction of sp³-hybridized carbons (Fsp3) is 0.120. The molecule has 4 rings (SSSR count). The largest absolute Gasteiger partial charge is 0.340 e. The highest BCUT2D eigenvalue weighted by atomic mass is 35.5. The molecule has 3 aromatic carbocycles. The van der Waals surface area contributed by atoms with E-state index in [0.717, 1.165) is 27.1 Å². The molecule has 0 bridgehead atoms. The lowest BCUT2D eigenvalue weighted by Gasteiger charge is -2.09. The molecule has 32 heavy (non-hydrogen) atoms. The number of para-hydroxylation sites is 1. The third-order valence-electron chi connectivity index (χ3n) is 5.13. The van der Waals surface area contributed by atoms with Gasteiger partial charge in [0.1, 0.15) is 5.82 Å². The SMILES string of the molecule is Cc1c(/C=N\NC(=O)CSc2ccc(Cl)cc2)c2ccccc2n1Cc1ccccc1F. The molecule has 0 saturated heterocycles. The normalized spacial score (nSPS) is 11.3. The quantitative estimate of drug-likeness (QED) is 0.206. The predicted molar refractivity (Wildman–Crippen MR) is 130 cm³/mol. The van der Waals surface area contributed by atoms with Gasteiger partial charge in [0.25, 0.3) is 0 Å². The highest BCUT2D eigenvalue weighted by molar-refractivity contribution is 8.00. The molecule has 0 aliphatic carbocycles. The highest BCUT2D eigenvalue weighted by Gasteiger charge is 2.14. The van der Waals surface area contributed by atoms with Gasteiger partial charge >= 0.3 is 0 Å². The Bertz CT molecular complexity index is 1280. The minimum atomic E-state index is -0.231. The molecule has 162 valence electrons. The number of benzene rings is 3. The Morgan fingerprint density at radius 3 is 2.59 bits per heavy atom. The molecule has 1 amide bonds. The summed E-state index contributed by atoms with van der Waals surface area (Å²) in [6.45, 7) is 2.39. The first-order valence-electron chi connectivity index (χ1n) is 10.0. The van der Waals surface area contributed by atoms with E-state index in [9.17, 15) is 9.18 Å². The maximum absolute atomic E-state index is 14.2. The molecule has 1 heterocycles. The molecule has 4 aromatic rings. The number of hydrazone groups is 1. The van der Waals surface area contributed by atoms with Crippen LogP contribution in [0.3, 0.4) is 0 Å². The molecular formula is C25H21ClFN3OS. The van der Waals surface area contributed by atoms with Crippen LogP contribution in [0.2, 0.25) is 5.02 Å². The molecule has 0 spiro atoms. The summed E-state index contributed by atoms with van der Waals surface area (Å²) in [7, 11) is 0. The first kappa shape index (κ1) is 22.1. The number of thioether (sulfide) groups is 1. The van der Waals surface area contributed by atoms with Crippen LogP contribution < -0.4 is 5.43 Å². The second-order valence-corrected chi connectivity index (χ2v) is 8.71. The number of nitrogens with zero attached hydrogens (tertiary/aromatic N) is 2. The van der Waals surface area contributed by atoms with E-state index in [1.807, 2.05) is 49.4 Å². The average molecular weight is 466 g/mol. The fourth-order valence-electron chi connectivity index (χ4n) is 3.50. The summed E-state index contributed by atoms with van der Waals surface area (Å²) in [4.78, 5) is 13.1. The highest BCUT2D eigenvalue weighted by Crippen LogP contribution is 2.26. The molecule has 0 atom stereocenters. The van der Waals surface area contributed by atoms with Gasteiger partial charge in [-0.15, -0.1) is 11.8 Å². The van der Waals surface area contributed by atoms with Crippen molar-refractivity contribution in [2.45, 2.75) is 18.4 Å². The van der Waals surface area contributed by atoms with E-state index in [4.69, 9.17) is 11.6 Å². The molecule has 1 N–H and O–H groups in total. The van der Waals surface area contributed by atoms with Gasteiger partial charge in [-0.1, -0.05) is 48.0 Å². The van der Waals surface area contributed by atoms with Crippen LogP contribution in [-0.2, 0) is 11.3 Å². The van der Waals surface area contributed by atoms with Crippen LogP contribution in [0.15, 0.2) is 82.8 Å². The molecule has 0 radical (unpaired) electrons. The van der Waals surface area contributed by atoms with Crippen molar-refractivity contribution in [3.05, 3.63) is 100 Å². The third-order valence-corrected chi connectivity index (χ3v) is 6.40. The fourth-order valence-corrected chi connectivity index (χ4v) is 4.32. The van der Waals surface area contributed by atoms with Gasteiger partial charge in [-0.25, -0.2) is 9.82 Å². The Morgan fingerprint density at radius 2 is 1.81 bits per heavy atom. The van der Waals surface area contributed by atoms with Crippen LogP contribution in [0.25, 0.3) is 10.9 Å². The van der Waals surface area contributed by atoms with Gasteiger partial charge in [0, 0.05) is 37.6 Å². The van der Waals surface area contributed by atoms with Crippen molar-refractivity contribution in [3.8, 4) is 0 Å². The van der Waals surface area contributed by atoms with Crippen LogP contribution in [0.5, 0.6) is 0 Å². The van der Waals surface area contributed by atoms with Gasteiger partial charge in [-0.2, -0.15) is 5.10 Å². The van der Waals surface area contributed by atoms with E-state index >= 15 is 0 Å². The van der Waals surface area contributed by atoms with Crippen LogP contribution in [0, 0.1) is 12.7 Å². The predicted octanol–water partition coefficient (Wildman–Crippen LogP) is 6.03. The monoisotopic (exact) mass is 465 g/mol. The van der Waals surface area contributed by atoms with E-state index in [1.54, 1.807) is 30.5 Å². The van der Waals surface area contributed by atoms with E-state index in [1.165, 1.54) is 17.8 Å². The second-order valence-electron chi connectivity index (χ2n) is 7.23. The number of hydrogen-bond acceptors (Lipinski definition) is 3. The first-order valence-corrected chi connectivity index (χ1v) is 11.4. The number of fused-ring (bicyclic) bond motifs is 1. The van der Waals surface area contributed by atoms with Gasteiger partial charge in [-0.3, -0.25) is 4.79 Å². The summed E-state index contributed by atoms with van der Waals surface area (Å²) < 4.78 is 16.3. The second kappa shape index (κ2) is 10.0. The first-order chi connectivity index (χ1) is 15.5. The number of nitrogens with one attached hydrogen (secondary N) is 1. The molecule has 1 aromatic heterocycles. The van der Waals surface area contributed by atoms with Crippen molar-refractivity contribution < 1.29 is 9.18 Å². The number of carbonyl (C=O) groups is 1. The van der Waals surface area contributed by atoms with E-state index in [2.05, 4.69) is 15.1 Å². The third kappa shape index (κ3) is 5.03. The minimum Gasteiger partial charge on any atom is -0.340 e. The van der Waals surface area contributed by atoms with Crippen molar-refractivity contribution in [1.29, 1.82) is 0 Å². The van der Waals surface area contributed by atoms with Crippen molar-refractivity contribution >= 4 is 46.4 Å². The number of halogens is 2. The van der Waals surface area contributed by atoms with Gasteiger partial charge in [0.15, 0.2) is 0 Å². The van der Waals surface area contributed by atoms with E-state index in [-0.39, 0.29) is 17.5 Å². The van der Waals surface area contributed by atoms with Gasteiger partial charge in [0.2, 0.25) is 5.91 Å². The van der Waals surface area contributed by atoms with E-state index in [0.29, 0.717) is 17.1 Å². The number of carbonyl (C=O) groups excluding carboxylic acids is 1. The Balaban J connectivity index is 1.49. The topological polar surface area (TPSA) is 46.4 Å². The standard InChI is InChI=1S/C25H21ClFN3OS/c1-17-22(14-28-29-25(31)16-32-20-12-10-19(26)11-13-20)21-7-3-5-9-24(21)30(17)15-18-6-2-4-8-23(18)27/h2-14H,15-16H2,1H3,(H,29,31)/b28-14-. The number of rotatable bonds is 7. The minimum absolute atomic E-state index is 0.200. The molecule has 0 unspecified atom stereocenters. The summed E-state index contributed by atoms with van der Waals surface area (Å²) >= 11 is 7.29. The van der Waals surface area contributed by atoms with Crippen molar-refractivity contribution in [3.63, 3.8) is 0 Å². The van der Waals surface area contributed by atoms with Crippen LogP contribution in [0.1, 0.15) is 16.8 Å². The lowest BCUT2D eigenvalue weighted by Crippen LogP contribution is -2.19. The van der Waals surface area contributed by atoms with Crippen LogP contribution in [-0.4, -0.2) is 22.4 Å². The van der Waals surface area contributed by atoms with E-state index < -0.39 is 0 Å². The number of amides is 1. The molecule has 7 heteroatoms. The molecule has 4 nitrogen and oxygen atoms in total. The zero-order valence-electron chi connectivity index (χ0n) is 17.4. The van der Waals surface area contributed by atoms with Crippen molar-refractivity contribution in [2.75, 3.05) is 5.75 Å². The summed E-state index contributed by atoms with van der Waals surface area (Å²) in [5, 5.41) is 5.83. The molecule has 0 fully saturated rings. The van der Waals surface area contributed by atoms with Crippen molar-refractivity contribution in [2.24, 2.45) is 5.10 Å². The Labute approximate surface area is 195 Å². The van der Waals surface area contributed by atoms with Crippen LogP contribution in [0.4, 0.5) is 4.39 Å². The zero-order valence-corrected chi connectivity index (χ0v) is 19.0. The maximum Gasteiger partial charge on any atom is 0.250 e. The molecule has 0 aliphatic heterocycles. The van der Waals surface area contributed by atoms with Crippen LogP contribution >= 0.6 is 23.4 Å². The molecule has 0 saturated carbocycles. The molecule has 0 aliphatic rings. The molecular weight excluding hydrogens is 445 g/mol. The Kier molecular flexibility index (Phi) is 6.93. The maximum atomic E-state index is 14.2. The zero-order chi connectivity index (χ0) is 22.5. The number of hydrogen-bond donors (Lipinski definition) is 1. The van der Waals surface area contributed by atoms with Gasteiger partial charge in [-0.05, 0) is 43.3 Å². The summed E-state index contributed by atoms with van der Waals surface area (Å²) in [5.74, 6) is -0.188. The Hall–Kier alpha value is -3.09. The number of aromatic nitrogens is 1. The van der Waals surface area contributed by atoms with Crippen molar-refractivity contribution in [1.82, 2.24) is 9.99 Å². The average Bonchev–Trinajstić information content (AvgIpc) is 3.06. The smallest absolute Gasteiger partial charge is 0.250 e. The Morgan fingerprint density at radius 1 is 1.09 bits per heavy atom. The van der Waals surface area contributed by atoms with Gasteiger partial charge in [0.05, 0.1) is 18.5 Å². The summed E-state index contributed by atoms with van der Waals surface area (Å²) in [5.41, 5.74) is 6.03. The van der Waals surface area contributed by atoms with Gasteiger partial charge < -0.3 is 4.57 Å². The lowest BCUT2D eigenvalue weighted by atomic mass is 10.1. The lowest BCUT2D eigenvalue weighted by molar-refractivity contribution is -0.118. The summed E-state index contributed by atoms with van der Waals surface area (Å²) in [6, 6.07) is 22.0.